The van der Waals surface area contributed by atoms with E-state index in [1.165, 1.54) is 30.3 Å². The van der Waals surface area contributed by atoms with Crippen molar-refractivity contribution in [2.24, 2.45) is 0 Å². The van der Waals surface area contributed by atoms with Crippen LogP contribution in [0.2, 0.25) is 0 Å². The van der Waals surface area contributed by atoms with E-state index in [9.17, 15) is 18.8 Å². The zero-order valence-corrected chi connectivity index (χ0v) is 13.9. The number of halogens is 1. The van der Waals surface area contributed by atoms with Crippen molar-refractivity contribution in [3.8, 4) is 0 Å². The first-order chi connectivity index (χ1) is 11.5. The van der Waals surface area contributed by atoms with E-state index in [0.717, 1.165) is 16.7 Å². The number of thioether (sulfide) groups is 1. The van der Waals surface area contributed by atoms with E-state index < -0.39 is 17.1 Å². The van der Waals surface area contributed by atoms with Crippen LogP contribution >= 0.6 is 11.8 Å². The van der Waals surface area contributed by atoms with Gasteiger partial charge in [0.2, 0.25) is 5.91 Å². The highest BCUT2D eigenvalue weighted by atomic mass is 32.2. The molecule has 1 aliphatic heterocycles. The van der Waals surface area contributed by atoms with Crippen molar-refractivity contribution in [3.05, 3.63) is 40.6 Å². The fraction of sp³-hybridized carbons (Fsp3) is 0.312. The van der Waals surface area contributed by atoms with E-state index in [4.69, 9.17) is 4.74 Å². The Hall–Kier alpha value is -2.19. The standard InChI is InChI=1S/C16H17FN2O4S/c1-23-8-2-7-18-14(20)10-19-15(21)13(24-16(19)22)9-11-3-5-12(17)6-4-11/h3-6,9H,2,7-8,10H2,1H3,(H,18,20)/b13-9-. The monoisotopic (exact) mass is 352 g/mol. The van der Waals surface area contributed by atoms with Gasteiger partial charge < -0.3 is 10.1 Å². The van der Waals surface area contributed by atoms with Crippen molar-refractivity contribution < 1.29 is 23.5 Å². The zero-order valence-electron chi connectivity index (χ0n) is 13.1. The minimum absolute atomic E-state index is 0.207. The molecule has 1 aliphatic rings. The zero-order chi connectivity index (χ0) is 17.5. The van der Waals surface area contributed by atoms with Crippen LogP contribution in [0.1, 0.15) is 12.0 Å². The van der Waals surface area contributed by atoms with Crippen LogP contribution in [0.25, 0.3) is 6.08 Å². The number of hydrogen-bond acceptors (Lipinski definition) is 5. The average Bonchev–Trinajstić information content (AvgIpc) is 2.81. The Kier molecular flexibility index (Phi) is 6.51. The lowest BCUT2D eigenvalue weighted by Crippen LogP contribution is -2.39. The molecule has 0 aromatic heterocycles. The Morgan fingerprint density at radius 3 is 2.71 bits per heavy atom. The van der Waals surface area contributed by atoms with Crippen LogP contribution in [-0.4, -0.2) is 48.8 Å². The Morgan fingerprint density at radius 2 is 2.04 bits per heavy atom. The highest BCUT2D eigenvalue weighted by Crippen LogP contribution is 2.31. The van der Waals surface area contributed by atoms with Crippen molar-refractivity contribution in [2.45, 2.75) is 6.42 Å². The largest absolute Gasteiger partial charge is 0.385 e. The molecule has 3 amide bonds. The lowest BCUT2D eigenvalue weighted by Gasteiger charge is -2.12. The summed E-state index contributed by atoms with van der Waals surface area (Å²) in [6.45, 7) is 0.606. The third kappa shape index (κ3) is 4.90. The van der Waals surface area contributed by atoms with Gasteiger partial charge in [-0.15, -0.1) is 0 Å². The molecule has 0 atom stereocenters. The van der Waals surface area contributed by atoms with Gasteiger partial charge in [0, 0.05) is 20.3 Å². The predicted octanol–water partition coefficient (Wildman–Crippen LogP) is 2.01. The van der Waals surface area contributed by atoms with Gasteiger partial charge in [-0.25, -0.2) is 4.39 Å². The van der Waals surface area contributed by atoms with Crippen molar-refractivity contribution in [1.82, 2.24) is 10.2 Å². The maximum atomic E-state index is 12.9. The summed E-state index contributed by atoms with van der Waals surface area (Å²) in [5.74, 6) is -1.32. The number of ether oxygens (including phenoxy) is 1. The molecule has 2 rings (SSSR count). The van der Waals surface area contributed by atoms with Crippen molar-refractivity contribution >= 4 is 34.9 Å². The van der Waals surface area contributed by atoms with Crippen molar-refractivity contribution in [1.29, 1.82) is 0 Å². The number of rotatable bonds is 7. The maximum Gasteiger partial charge on any atom is 0.294 e. The number of methoxy groups -OCH3 is 1. The first-order valence-electron chi connectivity index (χ1n) is 7.28. The maximum absolute atomic E-state index is 12.9. The van der Waals surface area contributed by atoms with Crippen LogP contribution < -0.4 is 5.32 Å². The minimum Gasteiger partial charge on any atom is -0.385 e. The number of imide groups is 1. The molecule has 1 aromatic rings. The van der Waals surface area contributed by atoms with Gasteiger partial charge in [0.25, 0.3) is 11.1 Å². The Balaban J connectivity index is 1.96. The Bertz CT molecular complexity index is 661. The van der Waals surface area contributed by atoms with Gasteiger partial charge in [-0.2, -0.15) is 0 Å². The summed E-state index contributed by atoms with van der Waals surface area (Å²) in [6, 6.07) is 5.55. The molecule has 1 N–H and O–H groups in total. The highest BCUT2D eigenvalue weighted by molar-refractivity contribution is 8.18. The quantitative estimate of drug-likeness (QED) is 0.600. The molecule has 24 heavy (non-hydrogen) atoms. The summed E-state index contributed by atoms with van der Waals surface area (Å²) >= 11 is 0.760. The van der Waals surface area contributed by atoms with E-state index in [1.807, 2.05) is 0 Å². The van der Waals surface area contributed by atoms with Gasteiger partial charge in [0.1, 0.15) is 12.4 Å². The second-order valence-corrected chi connectivity index (χ2v) is 6.01. The molecule has 0 saturated carbocycles. The van der Waals surface area contributed by atoms with E-state index >= 15 is 0 Å². The SMILES string of the molecule is COCCCNC(=O)CN1C(=O)S/C(=C\c2ccc(F)cc2)C1=O. The van der Waals surface area contributed by atoms with Crippen LogP contribution in [0.5, 0.6) is 0 Å². The molecule has 0 radical (unpaired) electrons. The fourth-order valence-electron chi connectivity index (χ4n) is 1.99. The first kappa shape index (κ1) is 18.2. The van der Waals surface area contributed by atoms with E-state index in [2.05, 4.69) is 5.32 Å². The minimum atomic E-state index is -0.527. The van der Waals surface area contributed by atoms with Crippen LogP contribution in [-0.2, 0) is 14.3 Å². The second-order valence-electron chi connectivity index (χ2n) is 5.02. The summed E-state index contributed by atoms with van der Waals surface area (Å²) in [5.41, 5.74) is 0.603. The number of hydrogen-bond donors (Lipinski definition) is 1. The summed E-state index contributed by atoms with van der Waals surface area (Å²) in [5, 5.41) is 2.12. The molecular formula is C16H17FN2O4S. The fourth-order valence-corrected chi connectivity index (χ4v) is 2.83. The molecule has 1 aromatic carbocycles. The molecule has 0 spiro atoms. The van der Waals surface area contributed by atoms with Gasteiger partial charge in [0.15, 0.2) is 0 Å². The molecule has 128 valence electrons. The molecule has 0 aliphatic carbocycles. The smallest absolute Gasteiger partial charge is 0.294 e. The van der Waals surface area contributed by atoms with Crippen LogP contribution in [0.15, 0.2) is 29.2 Å². The molecule has 8 heteroatoms. The van der Waals surface area contributed by atoms with Gasteiger partial charge in [0.05, 0.1) is 4.91 Å². The first-order valence-corrected chi connectivity index (χ1v) is 8.09. The lowest BCUT2D eigenvalue weighted by atomic mass is 10.2. The third-order valence-corrected chi connectivity index (χ3v) is 4.10. The molecule has 0 unspecified atom stereocenters. The van der Waals surface area contributed by atoms with Crippen molar-refractivity contribution in [2.75, 3.05) is 26.8 Å². The summed E-state index contributed by atoms with van der Waals surface area (Å²) in [6.07, 6.45) is 2.15. The summed E-state index contributed by atoms with van der Waals surface area (Å²) in [4.78, 5) is 37.0. The molecule has 6 nitrogen and oxygen atoms in total. The average molecular weight is 352 g/mol. The summed E-state index contributed by atoms with van der Waals surface area (Å²) in [7, 11) is 1.57. The number of carbonyl (C=O) groups is 3. The molecule has 1 saturated heterocycles. The summed E-state index contributed by atoms with van der Waals surface area (Å²) < 4.78 is 17.8. The number of amides is 3. The highest BCUT2D eigenvalue weighted by Gasteiger charge is 2.36. The number of nitrogens with zero attached hydrogens (tertiary/aromatic N) is 1. The van der Waals surface area contributed by atoms with Gasteiger partial charge in [-0.1, -0.05) is 12.1 Å². The van der Waals surface area contributed by atoms with E-state index in [-0.39, 0.29) is 17.3 Å². The number of carbonyl (C=O) groups excluding carboxylic acids is 3. The topological polar surface area (TPSA) is 75.7 Å². The van der Waals surface area contributed by atoms with E-state index in [1.54, 1.807) is 7.11 Å². The Labute approximate surface area is 143 Å². The van der Waals surface area contributed by atoms with Gasteiger partial charge >= 0.3 is 0 Å². The number of nitrogens with one attached hydrogen (secondary N) is 1. The molecule has 1 fully saturated rings. The predicted molar refractivity (Wildman–Crippen MR) is 88.6 cm³/mol. The van der Waals surface area contributed by atoms with Crippen LogP contribution in [0.3, 0.4) is 0 Å². The molecular weight excluding hydrogens is 335 g/mol. The number of benzene rings is 1. The second kappa shape index (κ2) is 8.60. The third-order valence-electron chi connectivity index (χ3n) is 3.19. The van der Waals surface area contributed by atoms with Gasteiger partial charge in [-0.3, -0.25) is 19.3 Å². The van der Waals surface area contributed by atoms with Crippen LogP contribution in [0.4, 0.5) is 9.18 Å². The van der Waals surface area contributed by atoms with Gasteiger partial charge in [-0.05, 0) is 42.0 Å². The van der Waals surface area contributed by atoms with E-state index in [0.29, 0.717) is 25.1 Å². The lowest BCUT2D eigenvalue weighted by molar-refractivity contribution is -0.129. The van der Waals surface area contributed by atoms with Crippen LogP contribution in [0, 0.1) is 5.82 Å². The normalized spacial score (nSPS) is 16.1. The molecule has 0 bridgehead atoms. The Morgan fingerprint density at radius 1 is 1.33 bits per heavy atom. The van der Waals surface area contributed by atoms with Crippen molar-refractivity contribution in [3.63, 3.8) is 0 Å². The molecule has 1 heterocycles.